The molecule has 39 heavy (non-hydrogen) atoms. The number of nitroso groups, excluding NO2 is 1. The van der Waals surface area contributed by atoms with Crippen molar-refractivity contribution in [2.24, 2.45) is 5.18 Å². The fourth-order valence-corrected chi connectivity index (χ4v) is 6.56. The minimum absolute atomic E-state index is 0.0455. The van der Waals surface area contributed by atoms with E-state index in [1.54, 1.807) is 0 Å². The number of benzene rings is 2. The summed E-state index contributed by atoms with van der Waals surface area (Å²) in [5.41, 5.74) is -0.472. The molecule has 0 aromatic heterocycles. The summed E-state index contributed by atoms with van der Waals surface area (Å²) in [5.74, 6) is -2.76. The van der Waals surface area contributed by atoms with Gasteiger partial charge in [-0.3, -0.25) is 19.3 Å². The van der Waals surface area contributed by atoms with E-state index in [1.807, 2.05) is 18.7 Å². The molecule has 2 aromatic rings. The third-order valence-corrected chi connectivity index (χ3v) is 8.39. The number of nitrogens with zero attached hydrogens (tertiary/aromatic N) is 2. The van der Waals surface area contributed by atoms with Crippen molar-refractivity contribution in [1.82, 2.24) is 15.5 Å². The van der Waals surface area contributed by atoms with Gasteiger partial charge in [-0.15, -0.1) is 16.7 Å². The van der Waals surface area contributed by atoms with E-state index in [0.29, 0.717) is 12.1 Å². The Morgan fingerprint density at radius 3 is 2.46 bits per heavy atom. The van der Waals surface area contributed by atoms with Crippen LogP contribution in [-0.4, -0.2) is 85.0 Å². The number of anilines is 1. The Hall–Kier alpha value is -3.88. The number of phenols is 2. The highest BCUT2D eigenvalue weighted by molar-refractivity contribution is 8.01. The van der Waals surface area contributed by atoms with Gasteiger partial charge in [-0.25, -0.2) is 0 Å². The van der Waals surface area contributed by atoms with Crippen molar-refractivity contribution in [2.75, 3.05) is 25.0 Å². The van der Waals surface area contributed by atoms with Crippen molar-refractivity contribution in [3.63, 3.8) is 0 Å². The Kier molecular flexibility index (Phi) is 7.99. The average Bonchev–Trinajstić information content (AvgIpc) is 3.10. The molecule has 4 unspecified atom stereocenters. The third-order valence-electron chi connectivity index (χ3n) is 6.72. The highest BCUT2D eigenvalue weighted by Crippen LogP contribution is 2.50. The summed E-state index contributed by atoms with van der Waals surface area (Å²) in [6, 6.07) is 5.72. The molecule has 0 saturated carbocycles. The monoisotopic (exact) mass is 559 g/mol. The van der Waals surface area contributed by atoms with Crippen LogP contribution in [0.2, 0.25) is 0 Å². The molecule has 2 aliphatic heterocycles. The number of rotatable bonds is 10. The summed E-state index contributed by atoms with van der Waals surface area (Å²) >= 11 is 1.46. The van der Waals surface area contributed by atoms with Gasteiger partial charge in [0.15, 0.2) is 0 Å². The molecule has 0 spiro atoms. The number of carboxylic acids is 1. The van der Waals surface area contributed by atoms with Crippen LogP contribution in [0.15, 0.2) is 41.6 Å². The van der Waals surface area contributed by atoms with Gasteiger partial charge >= 0.3 is 5.97 Å². The van der Waals surface area contributed by atoms with Crippen molar-refractivity contribution >= 4 is 40.9 Å². The average molecular weight is 560 g/mol. The van der Waals surface area contributed by atoms with Gasteiger partial charge in [0.05, 0.1) is 29.3 Å². The fraction of sp³-hybridized carbons (Fsp3) is 0.400. The quantitative estimate of drug-likeness (QED) is 0.164. The molecule has 4 atom stereocenters. The Bertz CT molecular complexity index is 1290. The number of hydrogen-bond donors (Lipinski definition) is 7. The van der Waals surface area contributed by atoms with Crippen molar-refractivity contribution in [3.05, 3.63) is 52.4 Å². The zero-order chi connectivity index (χ0) is 28.5. The number of hydrogen-bond acceptors (Lipinski definition) is 11. The maximum absolute atomic E-state index is 13.6. The zero-order valence-electron chi connectivity index (χ0n) is 21.1. The number of thioether (sulfide) groups is 1. The molecule has 2 heterocycles. The van der Waals surface area contributed by atoms with Crippen LogP contribution in [-0.2, 0) is 9.59 Å². The first-order valence-electron chi connectivity index (χ1n) is 12.1. The molecule has 0 radical (unpaired) electrons. The van der Waals surface area contributed by atoms with Crippen molar-refractivity contribution in [1.29, 1.82) is 0 Å². The molecule has 2 fully saturated rings. The van der Waals surface area contributed by atoms with E-state index >= 15 is 0 Å². The number of fused-ring (bicyclic) bond motifs is 1. The van der Waals surface area contributed by atoms with Crippen LogP contribution in [0, 0.1) is 4.91 Å². The number of amides is 2. The molecule has 208 valence electrons. The van der Waals surface area contributed by atoms with Gasteiger partial charge in [-0.2, -0.15) is 0 Å². The molecule has 0 bridgehead atoms. The number of aliphatic carboxylic acids is 1. The van der Waals surface area contributed by atoms with Crippen LogP contribution in [0.25, 0.3) is 0 Å². The van der Waals surface area contributed by atoms with Crippen LogP contribution >= 0.6 is 11.8 Å². The number of nitrogens with one attached hydrogen (secondary N) is 3. The van der Waals surface area contributed by atoms with Gasteiger partial charge in [0.1, 0.15) is 29.3 Å². The van der Waals surface area contributed by atoms with Crippen LogP contribution in [0.4, 0.5) is 11.4 Å². The maximum atomic E-state index is 13.6. The molecular weight excluding hydrogens is 530 g/mol. The molecule has 14 heteroatoms. The second-order valence-electron chi connectivity index (χ2n) is 9.76. The lowest BCUT2D eigenvalue weighted by Crippen LogP contribution is -2.67. The molecule has 4 rings (SSSR count). The first kappa shape index (κ1) is 28.1. The van der Waals surface area contributed by atoms with Crippen LogP contribution < -0.4 is 16.0 Å². The van der Waals surface area contributed by atoms with Gasteiger partial charge in [-0.05, 0) is 48.9 Å². The van der Waals surface area contributed by atoms with E-state index in [0.717, 1.165) is 12.1 Å². The lowest BCUT2D eigenvalue weighted by molar-refractivity contribution is -0.146. The van der Waals surface area contributed by atoms with E-state index < -0.39 is 40.4 Å². The molecule has 2 amide bonds. The van der Waals surface area contributed by atoms with E-state index in [2.05, 4.69) is 21.1 Å². The van der Waals surface area contributed by atoms with Crippen molar-refractivity contribution in [2.45, 2.75) is 42.1 Å². The predicted molar refractivity (Wildman–Crippen MR) is 143 cm³/mol. The number of carbonyl (C=O) groups excluding carboxylic acids is 2. The van der Waals surface area contributed by atoms with E-state index in [-0.39, 0.29) is 47.3 Å². The SMILES string of the molecule is CC1(C)SC2C(NC(=O)C(Nc3c(O)ccc(N=O)c3C(=O)NCCO)c3ccc(O)cc3)CN2C1C(=O)O. The first-order chi connectivity index (χ1) is 18.5. The number of carbonyl (C=O) groups is 3. The van der Waals surface area contributed by atoms with Gasteiger partial charge in [0, 0.05) is 17.8 Å². The number of aliphatic hydroxyl groups is 1. The molecule has 2 aromatic carbocycles. The molecule has 2 saturated heterocycles. The Morgan fingerprint density at radius 2 is 1.85 bits per heavy atom. The van der Waals surface area contributed by atoms with E-state index in [9.17, 15) is 34.6 Å². The second-order valence-corrected chi connectivity index (χ2v) is 11.5. The number of aliphatic hydroxyl groups excluding tert-OH is 1. The van der Waals surface area contributed by atoms with Gasteiger partial charge in [-0.1, -0.05) is 12.1 Å². The first-order valence-corrected chi connectivity index (χ1v) is 13.0. The zero-order valence-corrected chi connectivity index (χ0v) is 21.9. The summed E-state index contributed by atoms with van der Waals surface area (Å²) in [6.07, 6.45) is 0. The van der Waals surface area contributed by atoms with E-state index in [4.69, 9.17) is 5.11 Å². The Labute approximate surface area is 227 Å². The summed E-state index contributed by atoms with van der Waals surface area (Å²) in [7, 11) is 0. The molecule has 7 N–H and O–H groups in total. The van der Waals surface area contributed by atoms with Crippen LogP contribution in [0.3, 0.4) is 0 Å². The summed E-state index contributed by atoms with van der Waals surface area (Å²) in [5, 5.41) is 50.0. The normalized spacial score (nSPS) is 22.2. The van der Waals surface area contributed by atoms with Crippen LogP contribution in [0.5, 0.6) is 11.5 Å². The number of phenolic OH excluding ortho intramolecular Hbond substituents is 2. The highest BCUT2D eigenvalue weighted by Gasteiger charge is 2.59. The Morgan fingerprint density at radius 1 is 1.15 bits per heavy atom. The van der Waals surface area contributed by atoms with Crippen molar-refractivity contribution in [3.8, 4) is 11.5 Å². The van der Waals surface area contributed by atoms with E-state index in [1.165, 1.54) is 36.0 Å². The number of aromatic hydroxyl groups is 2. The predicted octanol–water partition coefficient (Wildman–Crippen LogP) is 1.48. The lowest BCUT2D eigenvalue weighted by atomic mass is 9.96. The molecule has 13 nitrogen and oxygen atoms in total. The standard InChI is InChI=1S/C25H29N5O8S/c1-25(2)20(24(36)37)30-11-15(23(30)39-25)27-22(35)18(12-3-5-13(32)6-4-12)28-19-16(33)8-7-14(29-38)17(19)21(34)26-9-10-31/h3-8,15,18,20,23,28,31-33H,9-11H2,1-2H3,(H,26,34)(H,27,35)(H,36,37). The van der Waals surface area contributed by atoms with Gasteiger partial charge in [0.2, 0.25) is 5.91 Å². The second kappa shape index (κ2) is 11.1. The minimum atomic E-state index is -1.20. The maximum Gasteiger partial charge on any atom is 0.322 e. The highest BCUT2D eigenvalue weighted by atomic mass is 32.2. The molecular formula is C25H29N5O8S. The smallest absolute Gasteiger partial charge is 0.322 e. The minimum Gasteiger partial charge on any atom is -0.508 e. The largest absolute Gasteiger partial charge is 0.508 e. The van der Waals surface area contributed by atoms with Gasteiger partial charge in [0.25, 0.3) is 5.91 Å². The Balaban J connectivity index is 1.65. The van der Waals surface area contributed by atoms with Crippen molar-refractivity contribution < 1.29 is 34.8 Å². The fourth-order valence-electron chi connectivity index (χ4n) is 4.92. The summed E-state index contributed by atoms with van der Waals surface area (Å²) in [6.45, 7) is 3.51. The van der Waals surface area contributed by atoms with Crippen LogP contribution in [0.1, 0.15) is 35.8 Å². The number of carboxylic acid groups (broad SMARTS) is 1. The summed E-state index contributed by atoms with van der Waals surface area (Å²) in [4.78, 5) is 51.6. The molecule has 2 aliphatic rings. The topological polar surface area (TPSA) is 201 Å². The van der Waals surface area contributed by atoms with Gasteiger partial charge < -0.3 is 36.4 Å². The lowest BCUT2D eigenvalue weighted by Gasteiger charge is -2.45. The molecule has 0 aliphatic carbocycles. The third kappa shape index (κ3) is 5.48. The summed E-state index contributed by atoms with van der Waals surface area (Å²) < 4.78 is -0.574.